The minimum atomic E-state index is -0.767. The summed E-state index contributed by atoms with van der Waals surface area (Å²) in [6, 6.07) is 0. The number of likely N-dealkylation sites (tertiary alicyclic amines) is 1. The van der Waals surface area contributed by atoms with Crippen molar-refractivity contribution in [3.05, 3.63) is 0 Å². The van der Waals surface area contributed by atoms with Crippen molar-refractivity contribution in [2.45, 2.75) is 47.0 Å². The molecule has 0 aromatic rings. The Morgan fingerprint density at radius 3 is 2.28 bits per heavy atom. The number of carbonyl (C=O) groups is 2. The number of carboxylic acids is 1. The fraction of sp³-hybridized carbons (Fsp3) is 0.857. The van der Waals surface area contributed by atoms with E-state index in [1.54, 1.807) is 4.90 Å². The fourth-order valence-corrected chi connectivity index (χ4v) is 2.51. The lowest BCUT2D eigenvalue weighted by atomic mass is 9.76. The molecular weight excluding hydrogens is 230 g/mol. The standard InChI is InChI=1S/C14H25NO3/c1-10(2)5-6-12(16)15-8-7-14(9-15,11(3)4)13(17)18/h10-11H,5-9H2,1-4H3,(H,17,18). The Morgan fingerprint density at radius 2 is 1.89 bits per heavy atom. The Balaban J connectivity index is 2.64. The van der Waals surface area contributed by atoms with Crippen LogP contribution in [0.3, 0.4) is 0 Å². The van der Waals surface area contributed by atoms with Crippen LogP contribution in [0, 0.1) is 17.3 Å². The molecule has 0 bridgehead atoms. The molecule has 0 aliphatic carbocycles. The van der Waals surface area contributed by atoms with E-state index in [0.717, 1.165) is 6.42 Å². The Kier molecular flexibility index (Phi) is 4.77. The van der Waals surface area contributed by atoms with Crippen molar-refractivity contribution in [2.75, 3.05) is 13.1 Å². The number of carboxylic acid groups (broad SMARTS) is 1. The molecule has 0 spiro atoms. The average Bonchev–Trinajstić information content (AvgIpc) is 2.71. The molecule has 4 heteroatoms. The maximum Gasteiger partial charge on any atom is 0.311 e. The molecule has 0 aromatic carbocycles. The van der Waals surface area contributed by atoms with Gasteiger partial charge in [0.25, 0.3) is 0 Å². The van der Waals surface area contributed by atoms with E-state index < -0.39 is 11.4 Å². The number of hydrogen-bond acceptors (Lipinski definition) is 2. The molecule has 1 heterocycles. The predicted octanol–water partition coefficient (Wildman–Crippen LogP) is 2.38. The topological polar surface area (TPSA) is 57.6 Å². The minimum Gasteiger partial charge on any atom is -0.481 e. The average molecular weight is 255 g/mol. The van der Waals surface area contributed by atoms with E-state index in [1.807, 2.05) is 13.8 Å². The molecule has 1 aliphatic rings. The normalized spacial score (nSPS) is 24.0. The van der Waals surface area contributed by atoms with Gasteiger partial charge >= 0.3 is 5.97 Å². The molecule has 1 saturated heterocycles. The van der Waals surface area contributed by atoms with Crippen LogP contribution in [0.1, 0.15) is 47.0 Å². The number of aliphatic carboxylic acids is 1. The lowest BCUT2D eigenvalue weighted by Crippen LogP contribution is -2.40. The van der Waals surface area contributed by atoms with Gasteiger partial charge in [-0.1, -0.05) is 27.7 Å². The van der Waals surface area contributed by atoms with Crippen molar-refractivity contribution in [3.8, 4) is 0 Å². The van der Waals surface area contributed by atoms with Crippen molar-refractivity contribution in [1.82, 2.24) is 4.90 Å². The summed E-state index contributed by atoms with van der Waals surface area (Å²) in [5.74, 6) is -0.104. The van der Waals surface area contributed by atoms with E-state index in [9.17, 15) is 14.7 Å². The van der Waals surface area contributed by atoms with Gasteiger partial charge in [-0.2, -0.15) is 0 Å². The van der Waals surface area contributed by atoms with Crippen LogP contribution in [0.25, 0.3) is 0 Å². The van der Waals surface area contributed by atoms with Gasteiger partial charge in [0.05, 0.1) is 5.41 Å². The third kappa shape index (κ3) is 3.03. The summed E-state index contributed by atoms with van der Waals surface area (Å²) < 4.78 is 0. The number of nitrogens with zero attached hydrogens (tertiary/aromatic N) is 1. The summed E-state index contributed by atoms with van der Waals surface area (Å²) in [7, 11) is 0. The first-order valence-electron chi connectivity index (χ1n) is 6.80. The van der Waals surface area contributed by atoms with Crippen LogP contribution in [0.4, 0.5) is 0 Å². The van der Waals surface area contributed by atoms with Crippen LogP contribution in [-0.2, 0) is 9.59 Å². The second kappa shape index (κ2) is 5.72. The van der Waals surface area contributed by atoms with Gasteiger partial charge < -0.3 is 10.0 Å². The van der Waals surface area contributed by atoms with Crippen LogP contribution >= 0.6 is 0 Å². The van der Waals surface area contributed by atoms with E-state index in [0.29, 0.717) is 31.8 Å². The zero-order valence-corrected chi connectivity index (χ0v) is 11.9. The molecule has 0 radical (unpaired) electrons. The first-order chi connectivity index (χ1) is 8.29. The van der Waals surface area contributed by atoms with Crippen molar-refractivity contribution in [3.63, 3.8) is 0 Å². The molecule has 1 unspecified atom stereocenters. The van der Waals surface area contributed by atoms with Gasteiger partial charge in [0.15, 0.2) is 0 Å². The lowest BCUT2D eigenvalue weighted by molar-refractivity contribution is -0.151. The fourth-order valence-electron chi connectivity index (χ4n) is 2.51. The first-order valence-corrected chi connectivity index (χ1v) is 6.80. The van der Waals surface area contributed by atoms with Gasteiger partial charge in [-0.25, -0.2) is 0 Å². The van der Waals surface area contributed by atoms with Gasteiger partial charge in [-0.15, -0.1) is 0 Å². The molecule has 0 saturated carbocycles. The van der Waals surface area contributed by atoms with E-state index in [-0.39, 0.29) is 11.8 Å². The summed E-state index contributed by atoms with van der Waals surface area (Å²) in [5, 5.41) is 9.41. The molecule has 104 valence electrons. The third-order valence-electron chi connectivity index (χ3n) is 4.12. The molecule has 18 heavy (non-hydrogen) atoms. The highest BCUT2D eigenvalue weighted by atomic mass is 16.4. The SMILES string of the molecule is CC(C)CCC(=O)N1CCC(C(=O)O)(C(C)C)C1. The molecule has 1 rings (SSSR count). The van der Waals surface area contributed by atoms with Gasteiger partial charge in [-0.3, -0.25) is 9.59 Å². The monoisotopic (exact) mass is 255 g/mol. The molecular formula is C14H25NO3. The summed E-state index contributed by atoms with van der Waals surface area (Å²) in [6.45, 7) is 8.99. The van der Waals surface area contributed by atoms with Gasteiger partial charge in [0, 0.05) is 19.5 Å². The molecule has 0 aromatic heterocycles. The zero-order valence-electron chi connectivity index (χ0n) is 11.9. The maximum atomic E-state index is 12.0. The lowest BCUT2D eigenvalue weighted by Gasteiger charge is -2.28. The summed E-state index contributed by atoms with van der Waals surface area (Å²) in [5.41, 5.74) is -0.743. The summed E-state index contributed by atoms with van der Waals surface area (Å²) in [4.78, 5) is 25.2. The summed E-state index contributed by atoms with van der Waals surface area (Å²) >= 11 is 0. The van der Waals surface area contributed by atoms with Crippen molar-refractivity contribution in [1.29, 1.82) is 0 Å². The second-order valence-electron chi connectivity index (χ2n) is 6.11. The van der Waals surface area contributed by atoms with Crippen molar-refractivity contribution < 1.29 is 14.7 Å². The van der Waals surface area contributed by atoms with Crippen molar-refractivity contribution in [2.24, 2.45) is 17.3 Å². The number of carbonyl (C=O) groups excluding carboxylic acids is 1. The highest BCUT2D eigenvalue weighted by Crippen LogP contribution is 2.38. The number of amides is 1. The summed E-state index contributed by atoms with van der Waals surface area (Å²) in [6.07, 6.45) is 1.98. The van der Waals surface area contributed by atoms with E-state index in [2.05, 4.69) is 13.8 Å². The molecule has 4 nitrogen and oxygen atoms in total. The maximum absolute atomic E-state index is 12.0. The van der Waals surface area contributed by atoms with E-state index in [1.165, 1.54) is 0 Å². The Labute approximate surface area is 109 Å². The van der Waals surface area contributed by atoms with Crippen LogP contribution in [-0.4, -0.2) is 35.0 Å². The molecule has 1 atom stereocenters. The smallest absolute Gasteiger partial charge is 0.311 e. The Hall–Kier alpha value is -1.06. The Morgan fingerprint density at radius 1 is 1.28 bits per heavy atom. The minimum absolute atomic E-state index is 0.0536. The second-order valence-corrected chi connectivity index (χ2v) is 6.11. The molecule has 1 fully saturated rings. The van der Waals surface area contributed by atoms with Crippen LogP contribution in [0.2, 0.25) is 0 Å². The van der Waals surface area contributed by atoms with Crippen LogP contribution < -0.4 is 0 Å². The first kappa shape index (κ1) is 15.0. The van der Waals surface area contributed by atoms with Gasteiger partial charge in [-0.05, 0) is 24.7 Å². The quantitative estimate of drug-likeness (QED) is 0.820. The van der Waals surface area contributed by atoms with Crippen LogP contribution in [0.5, 0.6) is 0 Å². The van der Waals surface area contributed by atoms with Gasteiger partial charge in [0.2, 0.25) is 5.91 Å². The van der Waals surface area contributed by atoms with Crippen molar-refractivity contribution >= 4 is 11.9 Å². The third-order valence-corrected chi connectivity index (χ3v) is 4.12. The highest BCUT2D eigenvalue weighted by molar-refractivity contribution is 5.80. The molecule has 1 aliphatic heterocycles. The van der Waals surface area contributed by atoms with E-state index >= 15 is 0 Å². The zero-order chi connectivity index (χ0) is 13.9. The number of rotatable bonds is 5. The Bertz CT molecular complexity index is 325. The largest absolute Gasteiger partial charge is 0.481 e. The molecule has 1 N–H and O–H groups in total. The van der Waals surface area contributed by atoms with Gasteiger partial charge in [0.1, 0.15) is 0 Å². The predicted molar refractivity (Wildman–Crippen MR) is 70.2 cm³/mol. The number of hydrogen-bond donors (Lipinski definition) is 1. The highest BCUT2D eigenvalue weighted by Gasteiger charge is 2.48. The van der Waals surface area contributed by atoms with Crippen LogP contribution in [0.15, 0.2) is 0 Å². The molecule has 1 amide bonds. The van der Waals surface area contributed by atoms with E-state index in [4.69, 9.17) is 0 Å².